The van der Waals surface area contributed by atoms with Crippen LogP contribution in [-0.4, -0.2) is 17.9 Å². The van der Waals surface area contributed by atoms with E-state index in [2.05, 4.69) is 15.9 Å². The van der Waals surface area contributed by atoms with Crippen LogP contribution in [0.4, 0.5) is 11.4 Å². The van der Waals surface area contributed by atoms with E-state index in [0.717, 1.165) is 32.4 Å². The van der Waals surface area contributed by atoms with Gasteiger partial charge in [0.05, 0.1) is 17.4 Å². The number of hydrogen-bond donors (Lipinski definition) is 0. The summed E-state index contributed by atoms with van der Waals surface area (Å²) in [4.78, 5) is 34.9. The number of rotatable bonds is 3. The highest BCUT2D eigenvalue weighted by Crippen LogP contribution is 2.48. The zero-order valence-corrected chi connectivity index (χ0v) is 19.7. The third kappa shape index (κ3) is 3.26. The molecule has 3 aromatic carbocycles. The van der Waals surface area contributed by atoms with Gasteiger partial charge in [-0.25, -0.2) is 9.96 Å². The lowest BCUT2D eigenvalue weighted by Crippen LogP contribution is -2.38. The number of carbonyl (C=O) groups is 2. The Balaban J connectivity index is 1.62. The van der Waals surface area contributed by atoms with Gasteiger partial charge < -0.3 is 0 Å². The molecule has 3 aromatic rings. The van der Waals surface area contributed by atoms with Crippen LogP contribution in [0.15, 0.2) is 71.2 Å². The number of amides is 2. The van der Waals surface area contributed by atoms with Crippen molar-refractivity contribution in [2.45, 2.75) is 32.9 Å². The van der Waals surface area contributed by atoms with Crippen LogP contribution >= 0.6 is 15.9 Å². The molecule has 2 aliphatic rings. The molecule has 5 nitrogen and oxygen atoms in total. The third-order valence-corrected chi connectivity index (χ3v) is 6.67. The summed E-state index contributed by atoms with van der Waals surface area (Å²) < 4.78 is 0.908. The number of nitrogens with zero attached hydrogens (tertiary/aromatic N) is 2. The summed E-state index contributed by atoms with van der Waals surface area (Å²) in [5.74, 6) is -1.18. The van der Waals surface area contributed by atoms with Crippen molar-refractivity contribution in [3.63, 3.8) is 0 Å². The van der Waals surface area contributed by atoms with Crippen LogP contribution in [0.5, 0.6) is 0 Å². The molecule has 3 atom stereocenters. The highest BCUT2D eigenvalue weighted by molar-refractivity contribution is 9.10. The SMILES string of the molecule is Cc1cc(C)c(N2C(=O)[C@H]3[C@H](ON(c4ccccc4)[C@H]3c3cccc(Br)c3)C2=O)c(C)c1. The molecule has 2 aliphatic heterocycles. The molecule has 6 heteroatoms. The quantitative estimate of drug-likeness (QED) is 0.459. The number of aryl methyl sites for hydroxylation is 3. The second kappa shape index (κ2) is 7.87. The largest absolute Gasteiger partial charge is 0.273 e. The second-order valence-corrected chi connectivity index (χ2v) is 9.39. The average molecular weight is 491 g/mol. The van der Waals surface area contributed by atoms with Gasteiger partial charge in [-0.2, -0.15) is 0 Å². The maximum absolute atomic E-state index is 13.8. The Morgan fingerprint density at radius 2 is 1.53 bits per heavy atom. The molecule has 2 amide bonds. The van der Waals surface area contributed by atoms with E-state index < -0.39 is 18.1 Å². The van der Waals surface area contributed by atoms with Crippen molar-refractivity contribution in [2.75, 3.05) is 9.96 Å². The van der Waals surface area contributed by atoms with Gasteiger partial charge in [0.2, 0.25) is 5.91 Å². The van der Waals surface area contributed by atoms with Crippen LogP contribution in [0.1, 0.15) is 28.3 Å². The van der Waals surface area contributed by atoms with Crippen molar-refractivity contribution >= 4 is 39.1 Å². The first-order valence-electron chi connectivity index (χ1n) is 10.6. The van der Waals surface area contributed by atoms with Gasteiger partial charge in [-0.15, -0.1) is 0 Å². The van der Waals surface area contributed by atoms with Crippen molar-refractivity contribution in [2.24, 2.45) is 5.92 Å². The van der Waals surface area contributed by atoms with Gasteiger partial charge in [-0.1, -0.05) is 64.0 Å². The Labute approximate surface area is 195 Å². The summed E-state index contributed by atoms with van der Waals surface area (Å²) in [5.41, 5.74) is 5.30. The molecule has 0 aliphatic carbocycles. The molecule has 2 fully saturated rings. The van der Waals surface area contributed by atoms with E-state index >= 15 is 0 Å². The lowest BCUT2D eigenvalue weighted by Gasteiger charge is -2.29. The Morgan fingerprint density at radius 1 is 0.844 bits per heavy atom. The zero-order chi connectivity index (χ0) is 22.6. The van der Waals surface area contributed by atoms with Crippen LogP contribution in [0.3, 0.4) is 0 Å². The minimum absolute atomic E-state index is 0.224. The Morgan fingerprint density at radius 3 is 2.19 bits per heavy atom. The number of para-hydroxylation sites is 1. The fourth-order valence-corrected chi connectivity index (χ4v) is 5.41. The molecule has 0 bridgehead atoms. The summed E-state index contributed by atoms with van der Waals surface area (Å²) in [7, 11) is 0. The van der Waals surface area contributed by atoms with Crippen molar-refractivity contribution in [3.8, 4) is 0 Å². The summed E-state index contributed by atoms with van der Waals surface area (Å²) >= 11 is 3.54. The number of anilines is 2. The van der Waals surface area contributed by atoms with Gasteiger partial charge in [-0.3, -0.25) is 14.4 Å². The Kier molecular flexibility index (Phi) is 5.14. The normalized spacial score (nSPS) is 22.6. The van der Waals surface area contributed by atoms with Gasteiger partial charge in [0.25, 0.3) is 5.91 Å². The van der Waals surface area contributed by atoms with Gasteiger partial charge in [0.1, 0.15) is 5.92 Å². The van der Waals surface area contributed by atoms with Crippen molar-refractivity contribution < 1.29 is 14.4 Å². The number of hydrogen-bond acceptors (Lipinski definition) is 4. The number of halogens is 1. The highest BCUT2D eigenvalue weighted by Gasteiger charge is 2.60. The number of imide groups is 1. The van der Waals surface area contributed by atoms with E-state index in [1.807, 2.05) is 87.5 Å². The Bertz CT molecular complexity index is 1200. The van der Waals surface area contributed by atoms with Crippen LogP contribution in [-0.2, 0) is 14.4 Å². The lowest BCUT2D eigenvalue weighted by molar-refractivity contribution is -0.126. The third-order valence-electron chi connectivity index (χ3n) is 6.18. The molecule has 32 heavy (non-hydrogen) atoms. The standard InChI is InChI=1S/C26H23BrN2O3/c1-15-12-16(2)22(17(3)13-15)28-25(30)21-23(18-8-7-9-19(27)14-18)29(32-24(21)26(28)31)20-10-5-4-6-11-20/h4-14,21,23-24H,1-3H3/t21-,23+,24+/m1/s1. The highest BCUT2D eigenvalue weighted by atomic mass is 79.9. The topological polar surface area (TPSA) is 49.9 Å². The van der Waals surface area contributed by atoms with E-state index in [4.69, 9.17) is 4.84 Å². The lowest BCUT2D eigenvalue weighted by atomic mass is 9.90. The smallest absolute Gasteiger partial charge is 0.266 e. The van der Waals surface area contributed by atoms with Crippen molar-refractivity contribution in [1.29, 1.82) is 0 Å². The molecule has 0 aromatic heterocycles. The number of fused-ring (bicyclic) bond motifs is 1. The molecule has 0 N–H and O–H groups in total. The summed E-state index contributed by atoms with van der Waals surface area (Å²) in [5, 5.41) is 1.72. The molecular weight excluding hydrogens is 468 g/mol. The maximum atomic E-state index is 13.8. The fraction of sp³-hybridized carbons (Fsp3) is 0.231. The number of hydroxylamine groups is 1. The molecular formula is C26H23BrN2O3. The average Bonchev–Trinajstić information content (AvgIpc) is 3.26. The van der Waals surface area contributed by atoms with Gasteiger partial charge in [-0.05, 0) is 61.7 Å². The monoisotopic (exact) mass is 490 g/mol. The summed E-state index contributed by atoms with van der Waals surface area (Å²) in [6, 6.07) is 21.0. The molecule has 5 rings (SSSR count). The first kappa shape index (κ1) is 20.9. The van der Waals surface area contributed by atoms with Crippen molar-refractivity contribution in [3.05, 3.63) is 93.5 Å². The van der Waals surface area contributed by atoms with Crippen molar-refractivity contribution in [1.82, 2.24) is 0 Å². The van der Waals surface area contributed by atoms with E-state index in [1.165, 1.54) is 4.90 Å². The Hall–Kier alpha value is -2.96. The van der Waals surface area contributed by atoms with E-state index in [1.54, 1.807) is 5.06 Å². The molecule has 2 saturated heterocycles. The van der Waals surface area contributed by atoms with Crippen LogP contribution in [0.2, 0.25) is 0 Å². The first-order valence-corrected chi connectivity index (χ1v) is 11.4. The van der Waals surface area contributed by atoms with E-state index in [9.17, 15) is 9.59 Å². The molecule has 0 saturated carbocycles. The molecule has 162 valence electrons. The fourth-order valence-electron chi connectivity index (χ4n) is 4.99. The van der Waals surface area contributed by atoms with E-state index in [0.29, 0.717) is 5.69 Å². The number of benzene rings is 3. The second-order valence-electron chi connectivity index (χ2n) is 8.47. The predicted molar refractivity (Wildman–Crippen MR) is 127 cm³/mol. The predicted octanol–water partition coefficient (Wildman–Crippen LogP) is 5.43. The minimum atomic E-state index is -0.869. The van der Waals surface area contributed by atoms with Gasteiger partial charge >= 0.3 is 0 Å². The van der Waals surface area contributed by atoms with E-state index in [-0.39, 0.29) is 11.8 Å². The minimum Gasteiger partial charge on any atom is -0.273 e. The zero-order valence-electron chi connectivity index (χ0n) is 18.1. The molecule has 0 unspecified atom stereocenters. The number of carbonyl (C=O) groups excluding carboxylic acids is 2. The first-order chi connectivity index (χ1) is 15.4. The van der Waals surface area contributed by atoms with Gasteiger partial charge in [0, 0.05) is 4.47 Å². The maximum Gasteiger partial charge on any atom is 0.266 e. The van der Waals surface area contributed by atoms with Crippen LogP contribution < -0.4 is 9.96 Å². The summed E-state index contributed by atoms with van der Waals surface area (Å²) in [6.07, 6.45) is -0.869. The summed E-state index contributed by atoms with van der Waals surface area (Å²) in [6.45, 7) is 5.89. The van der Waals surface area contributed by atoms with Crippen LogP contribution in [0.25, 0.3) is 0 Å². The van der Waals surface area contributed by atoms with Gasteiger partial charge in [0.15, 0.2) is 6.10 Å². The molecule has 0 spiro atoms. The molecule has 2 heterocycles. The van der Waals surface area contributed by atoms with Crippen LogP contribution in [0, 0.1) is 26.7 Å². The molecule has 0 radical (unpaired) electrons.